The van der Waals surface area contributed by atoms with E-state index in [0.717, 1.165) is 0 Å². The summed E-state index contributed by atoms with van der Waals surface area (Å²) in [7, 11) is 0. The van der Waals surface area contributed by atoms with Crippen LogP contribution in [0.2, 0.25) is 0 Å². The van der Waals surface area contributed by atoms with E-state index in [1.165, 1.54) is 18.3 Å². The van der Waals surface area contributed by atoms with Crippen molar-refractivity contribution >= 4 is 12.4 Å². The molecule has 12 heavy (non-hydrogen) atoms. The first-order valence-corrected chi connectivity index (χ1v) is 3.04. The summed E-state index contributed by atoms with van der Waals surface area (Å²) in [6.07, 6.45) is 1.31. The molecule has 0 saturated heterocycles. The Morgan fingerprint density at radius 3 is 3.00 bits per heavy atom. The number of carbonyl (C=O) groups excluding carboxylic acids is 1. The van der Waals surface area contributed by atoms with Crippen molar-refractivity contribution in [1.82, 2.24) is 4.98 Å². The Morgan fingerprint density at radius 1 is 1.67 bits per heavy atom. The Bertz CT molecular complexity index is 310. The average Bonchev–Trinajstić information content (AvgIpc) is 2.05. The molecule has 1 heterocycles. The Labute approximate surface area is 67.6 Å². The minimum absolute atomic E-state index is 0.0556. The summed E-state index contributed by atoms with van der Waals surface area (Å²) in [5, 5.41) is 8.53. The summed E-state index contributed by atoms with van der Waals surface area (Å²) in [6.45, 7) is 0.156. The van der Waals surface area contributed by atoms with Crippen LogP contribution in [0, 0.1) is 0 Å². The lowest BCUT2D eigenvalue weighted by molar-refractivity contribution is -0.120. The van der Waals surface area contributed by atoms with Crippen LogP contribution in [0.5, 0.6) is 5.75 Å². The monoisotopic (exact) mass is 167 g/mol. The number of hydrogen-bond donors (Lipinski definition) is 1. The van der Waals surface area contributed by atoms with E-state index in [9.17, 15) is 9.59 Å². The Morgan fingerprint density at radius 2 is 2.42 bits per heavy atom. The molecule has 0 fully saturated rings. The molecule has 0 aliphatic heterocycles. The van der Waals surface area contributed by atoms with Crippen molar-refractivity contribution in [3.05, 3.63) is 24.0 Å². The van der Waals surface area contributed by atoms with Crippen LogP contribution in [0.3, 0.4) is 0 Å². The average molecular weight is 167 g/mol. The molecule has 5 nitrogen and oxygen atoms in total. The highest BCUT2D eigenvalue weighted by Gasteiger charge is 2.11. The highest BCUT2D eigenvalue weighted by Crippen LogP contribution is 2.13. The third-order valence-corrected chi connectivity index (χ3v) is 1.15. The number of rotatable bonds is 3. The van der Waals surface area contributed by atoms with Gasteiger partial charge in [-0.15, -0.1) is 0 Å². The first-order chi connectivity index (χ1) is 5.75. The van der Waals surface area contributed by atoms with E-state index < -0.39 is 5.97 Å². The quantitative estimate of drug-likeness (QED) is 0.656. The van der Waals surface area contributed by atoms with Gasteiger partial charge in [-0.05, 0) is 12.1 Å². The molecule has 1 aromatic heterocycles. The van der Waals surface area contributed by atoms with Crippen molar-refractivity contribution in [1.29, 1.82) is 0 Å². The maximum atomic E-state index is 10.4. The van der Waals surface area contributed by atoms with E-state index in [2.05, 4.69) is 9.72 Å². The van der Waals surface area contributed by atoms with Crippen LogP contribution in [-0.2, 0) is 4.79 Å². The fraction of sp³-hybridized carbons (Fsp3) is 0. The van der Waals surface area contributed by atoms with Gasteiger partial charge < -0.3 is 9.84 Å². The molecule has 5 heteroatoms. The molecule has 1 N–H and O–H groups in total. The van der Waals surface area contributed by atoms with Crippen molar-refractivity contribution in [3.63, 3.8) is 0 Å². The van der Waals surface area contributed by atoms with Crippen LogP contribution in [-0.4, -0.2) is 22.5 Å². The SMILES string of the molecule is O=COc1cccnc1C(=O)O. The van der Waals surface area contributed by atoms with Crippen LogP contribution >= 0.6 is 0 Å². The topological polar surface area (TPSA) is 76.5 Å². The van der Waals surface area contributed by atoms with Gasteiger partial charge in [0.2, 0.25) is 0 Å². The smallest absolute Gasteiger partial charge is 0.358 e. The lowest BCUT2D eigenvalue weighted by Gasteiger charge is -1.99. The fourth-order valence-electron chi connectivity index (χ4n) is 0.698. The zero-order valence-corrected chi connectivity index (χ0v) is 5.93. The molecule has 1 aromatic rings. The number of pyridine rings is 1. The van der Waals surface area contributed by atoms with Crippen LogP contribution < -0.4 is 4.74 Å². The molecule has 0 unspecified atom stereocenters. The molecule has 0 atom stereocenters. The number of ether oxygens (including phenoxy) is 1. The lowest BCUT2D eigenvalue weighted by atomic mass is 10.3. The second-order valence-electron chi connectivity index (χ2n) is 1.87. The maximum absolute atomic E-state index is 10.4. The second kappa shape index (κ2) is 3.47. The van der Waals surface area contributed by atoms with Gasteiger partial charge in [0.05, 0.1) is 0 Å². The third kappa shape index (κ3) is 1.57. The second-order valence-corrected chi connectivity index (χ2v) is 1.87. The minimum Gasteiger partial charge on any atom is -0.476 e. The number of aromatic nitrogens is 1. The highest BCUT2D eigenvalue weighted by molar-refractivity contribution is 5.88. The van der Waals surface area contributed by atoms with E-state index in [1.807, 2.05) is 0 Å². The van der Waals surface area contributed by atoms with Crippen LogP contribution in [0.4, 0.5) is 0 Å². The van der Waals surface area contributed by atoms with Crippen molar-refractivity contribution in [2.45, 2.75) is 0 Å². The molecular weight excluding hydrogens is 162 g/mol. The van der Waals surface area contributed by atoms with Crippen molar-refractivity contribution in [2.75, 3.05) is 0 Å². The molecule has 0 saturated carbocycles. The van der Waals surface area contributed by atoms with Gasteiger partial charge in [0.1, 0.15) is 0 Å². The van der Waals surface area contributed by atoms with Gasteiger partial charge in [-0.1, -0.05) is 0 Å². The minimum atomic E-state index is -1.23. The molecule has 1 rings (SSSR count). The maximum Gasteiger partial charge on any atom is 0.358 e. The summed E-state index contributed by atoms with van der Waals surface area (Å²) < 4.78 is 4.37. The molecule has 0 aromatic carbocycles. The predicted octanol–water partition coefficient (Wildman–Crippen LogP) is 0.315. The molecular formula is C7H5NO4. The van der Waals surface area contributed by atoms with E-state index in [-0.39, 0.29) is 17.9 Å². The summed E-state index contributed by atoms with van der Waals surface area (Å²) >= 11 is 0. The van der Waals surface area contributed by atoms with Crippen molar-refractivity contribution < 1.29 is 19.4 Å². The summed E-state index contributed by atoms with van der Waals surface area (Å²) in [6, 6.07) is 2.83. The number of nitrogens with zero attached hydrogens (tertiary/aromatic N) is 1. The number of carboxylic acid groups (broad SMARTS) is 1. The Hall–Kier alpha value is -1.91. The van der Waals surface area contributed by atoms with Gasteiger partial charge >= 0.3 is 5.97 Å². The van der Waals surface area contributed by atoms with E-state index in [0.29, 0.717) is 0 Å². The first-order valence-electron chi connectivity index (χ1n) is 3.04. The van der Waals surface area contributed by atoms with Gasteiger partial charge in [-0.2, -0.15) is 0 Å². The summed E-state index contributed by atoms with van der Waals surface area (Å²) in [5.74, 6) is -1.28. The van der Waals surface area contributed by atoms with Gasteiger partial charge in [0, 0.05) is 6.20 Å². The molecule has 0 radical (unpaired) electrons. The van der Waals surface area contributed by atoms with Gasteiger partial charge in [0.25, 0.3) is 6.47 Å². The van der Waals surface area contributed by atoms with Crippen molar-refractivity contribution in [3.8, 4) is 5.75 Å². The van der Waals surface area contributed by atoms with Gasteiger partial charge in [-0.25, -0.2) is 9.78 Å². The Kier molecular flexibility index (Phi) is 2.37. The van der Waals surface area contributed by atoms with Crippen LogP contribution in [0.1, 0.15) is 10.5 Å². The van der Waals surface area contributed by atoms with Crippen LogP contribution in [0.25, 0.3) is 0 Å². The number of carbonyl (C=O) groups is 2. The molecule has 0 amide bonds. The molecule has 62 valence electrons. The first kappa shape index (κ1) is 8.19. The van der Waals surface area contributed by atoms with Crippen LogP contribution in [0.15, 0.2) is 18.3 Å². The molecule has 0 aliphatic carbocycles. The summed E-state index contributed by atoms with van der Waals surface area (Å²) in [4.78, 5) is 23.9. The third-order valence-electron chi connectivity index (χ3n) is 1.15. The standard InChI is InChI=1S/C7H5NO4/c9-4-12-5-2-1-3-8-6(5)7(10)11/h1-4H,(H,10,11). The number of aromatic carboxylic acids is 1. The predicted molar refractivity (Wildman–Crippen MR) is 37.9 cm³/mol. The van der Waals surface area contributed by atoms with Gasteiger partial charge in [-0.3, -0.25) is 4.79 Å². The molecule has 0 aliphatic rings. The van der Waals surface area contributed by atoms with Crippen molar-refractivity contribution in [2.24, 2.45) is 0 Å². The highest BCUT2D eigenvalue weighted by atomic mass is 16.5. The lowest BCUT2D eigenvalue weighted by Crippen LogP contribution is -2.03. The number of carboxylic acids is 1. The van der Waals surface area contributed by atoms with Gasteiger partial charge in [0.15, 0.2) is 11.4 Å². The van der Waals surface area contributed by atoms with E-state index in [4.69, 9.17) is 5.11 Å². The Balaban J connectivity index is 3.07. The number of hydrogen-bond acceptors (Lipinski definition) is 4. The van der Waals surface area contributed by atoms with E-state index >= 15 is 0 Å². The largest absolute Gasteiger partial charge is 0.476 e. The molecule has 0 spiro atoms. The zero-order valence-electron chi connectivity index (χ0n) is 5.93. The molecule has 0 bridgehead atoms. The van der Waals surface area contributed by atoms with E-state index in [1.54, 1.807) is 0 Å². The fourth-order valence-corrected chi connectivity index (χ4v) is 0.698. The summed E-state index contributed by atoms with van der Waals surface area (Å²) in [5.41, 5.74) is -0.274. The normalized spacial score (nSPS) is 9.00. The zero-order chi connectivity index (χ0) is 8.97.